The number of urea groups is 1. The van der Waals surface area contributed by atoms with Crippen molar-refractivity contribution < 1.29 is 22.7 Å². The smallest absolute Gasteiger partial charge is 0.417 e. The largest absolute Gasteiger partial charge is 0.424 e. The molecule has 3 aromatic rings. The van der Waals surface area contributed by atoms with Crippen LogP contribution in [0.25, 0.3) is 0 Å². The van der Waals surface area contributed by atoms with Crippen molar-refractivity contribution in [3.8, 4) is 11.8 Å². The van der Waals surface area contributed by atoms with Gasteiger partial charge in [0.15, 0.2) is 0 Å². The number of nitrogens with zero attached hydrogens (tertiary/aromatic N) is 2. The molecule has 0 saturated carbocycles. The van der Waals surface area contributed by atoms with Gasteiger partial charge in [0.05, 0.1) is 27.7 Å². The molecule has 0 saturated heterocycles. The van der Waals surface area contributed by atoms with E-state index in [0.29, 0.717) is 22.8 Å². The van der Waals surface area contributed by atoms with Crippen LogP contribution in [0.4, 0.5) is 29.3 Å². The molecule has 0 radical (unpaired) electrons. The molecule has 10 heteroatoms. The van der Waals surface area contributed by atoms with E-state index in [0.717, 1.165) is 12.1 Å². The van der Waals surface area contributed by atoms with Gasteiger partial charge in [0.25, 0.3) is 0 Å². The van der Waals surface area contributed by atoms with Gasteiger partial charge in [-0.3, -0.25) is 0 Å². The monoisotopic (exact) mass is 436 g/mol. The Hall–Kier alpha value is -3.33. The summed E-state index contributed by atoms with van der Waals surface area (Å²) in [7, 11) is 0. The lowest BCUT2D eigenvalue weighted by atomic mass is 10.2. The molecule has 0 aliphatic carbocycles. The number of amides is 2. The molecule has 30 heavy (non-hydrogen) atoms. The average molecular weight is 437 g/mol. The number of carbonyl (C=O) groups is 1. The van der Waals surface area contributed by atoms with Crippen molar-refractivity contribution in [2.24, 2.45) is 0 Å². The average Bonchev–Trinajstić information content (AvgIpc) is 2.66. The van der Waals surface area contributed by atoms with Gasteiger partial charge in [0.1, 0.15) is 5.75 Å². The quantitative estimate of drug-likeness (QED) is 0.510. The first-order valence-corrected chi connectivity index (χ1v) is 9.04. The maximum atomic E-state index is 13.0. The minimum absolute atomic E-state index is 0.0653. The third kappa shape index (κ3) is 5.18. The van der Waals surface area contributed by atoms with E-state index in [1.165, 1.54) is 6.07 Å². The number of anilines is 2. The second-order valence-corrected chi connectivity index (χ2v) is 6.65. The van der Waals surface area contributed by atoms with Gasteiger partial charge in [0.2, 0.25) is 0 Å². The van der Waals surface area contributed by atoms with Crippen molar-refractivity contribution in [2.75, 3.05) is 10.6 Å². The van der Waals surface area contributed by atoms with Crippen LogP contribution in [0, 0.1) is 13.8 Å². The summed E-state index contributed by atoms with van der Waals surface area (Å²) in [4.78, 5) is 20.7. The number of aryl methyl sites for hydroxylation is 2. The summed E-state index contributed by atoms with van der Waals surface area (Å²) in [6.45, 7) is 3.29. The van der Waals surface area contributed by atoms with E-state index in [1.807, 2.05) is 6.07 Å². The number of ether oxygens (including phenoxy) is 1. The van der Waals surface area contributed by atoms with E-state index in [2.05, 4.69) is 20.6 Å². The minimum atomic E-state index is -4.64. The number of aromatic nitrogens is 2. The van der Waals surface area contributed by atoms with Crippen LogP contribution < -0.4 is 15.4 Å². The van der Waals surface area contributed by atoms with E-state index in [9.17, 15) is 18.0 Å². The lowest BCUT2D eigenvalue weighted by Gasteiger charge is -2.14. The predicted molar refractivity (Wildman–Crippen MR) is 107 cm³/mol. The number of rotatable bonds is 4. The van der Waals surface area contributed by atoms with Gasteiger partial charge in [-0.1, -0.05) is 29.8 Å². The zero-order valence-corrected chi connectivity index (χ0v) is 16.6. The Kier molecular flexibility index (Phi) is 6.12. The molecular formula is C20H16ClF3N4O2. The number of carbonyl (C=O) groups excluding carboxylic acids is 1. The molecule has 6 nitrogen and oxygen atoms in total. The Bertz CT molecular complexity index is 1050. The van der Waals surface area contributed by atoms with E-state index in [1.54, 1.807) is 38.1 Å². The minimum Gasteiger partial charge on any atom is -0.424 e. The molecule has 0 spiro atoms. The molecule has 0 fully saturated rings. The third-order valence-corrected chi connectivity index (χ3v) is 4.30. The molecule has 0 unspecified atom stereocenters. The van der Waals surface area contributed by atoms with Crippen molar-refractivity contribution >= 4 is 29.0 Å². The predicted octanol–water partition coefficient (Wildman–Crippen LogP) is 6.20. The molecule has 2 N–H and O–H groups in total. The van der Waals surface area contributed by atoms with Crippen molar-refractivity contribution in [1.29, 1.82) is 0 Å². The molecule has 3 rings (SSSR count). The number of para-hydroxylation sites is 1. The first-order chi connectivity index (χ1) is 14.1. The highest BCUT2D eigenvalue weighted by Crippen LogP contribution is 2.36. The molecule has 2 aromatic carbocycles. The fourth-order valence-corrected chi connectivity index (χ4v) is 2.83. The molecule has 1 aromatic heterocycles. The van der Waals surface area contributed by atoms with Crippen LogP contribution in [0.1, 0.15) is 17.0 Å². The van der Waals surface area contributed by atoms with Crippen molar-refractivity contribution in [3.63, 3.8) is 0 Å². The van der Waals surface area contributed by atoms with E-state index >= 15 is 0 Å². The Morgan fingerprint density at radius 1 is 1.00 bits per heavy atom. The highest BCUT2D eigenvalue weighted by atomic mass is 35.5. The van der Waals surface area contributed by atoms with E-state index in [4.69, 9.17) is 16.3 Å². The second-order valence-electron chi connectivity index (χ2n) is 6.24. The zero-order valence-electron chi connectivity index (χ0n) is 15.8. The van der Waals surface area contributed by atoms with Crippen LogP contribution in [0.2, 0.25) is 5.02 Å². The van der Waals surface area contributed by atoms with Crippen molar-refractivity contribution in [1.82, 2.24) is 9.97 Å². The van der Waals surface area contributed by atoms with E-state index < -0.39 is 22.8 Å². The van der Waals surface area contributed by atoms with Gasteiger partial charge >= 0.3 is 18.2 Å². The van der Waals surface area contributed by atoms with Gasteiger partial charge in [0, 0.05) is 5.69 Å². The fourth-order valence-electron chi connectivity index (χ4n) is 2.60. The summed E-state index contributed by atoms with van der Waals surface area (Å²) in [5, 5.41) is 4.43. The molecule has 1 heterocycles. The normalized spacial score (nSPS) is 11.1. The van der Waals surface area contributed by atoms with Crippen LogP contribution in [0.15, 0.2) is 48.5 Å². The Morgan fingerprint density at radius 2 is 1.63 bits per heavy atom. The lowest BCUT2D eigenvalue weighted by Crippen LogP contribution is -2.21. The Balaban J connectivity index is 1.74. The number of hydrogen-bond acceptors (Lipinski definition) is 4. The van der Waals surface area contributed by atoms with Gasteiger partial charge in [-0.25, -0.2) is 4.79 Å². The standard InChI is InChI=1S/C20H16ClF3N4O2/c1-11-17(12(2)26-19(25-11)30-14-6-4-3-5-7-14)28-18(29)27-13-8-9-16(21)15(10-13)20(22,23)24/h3-10H,1-2H3,(H2,27,28,29). The number of alkyl halides is 3. The first-order valence-electron chi connectivity index (χ1n) is 8.66. The fraction of sp³-hybridized carbons (Fsp3) is 0.150. The molecule has 0 aliphatic rings. The number of benzene rings is 2. The Labute approximate surface area is 175 Å². The van der Waals surface area contributed by atoms with Crippen LogP contribution in [0.3, 0.4) is 0 Å². The Morgan fingerprint density at radius 3 is 2.23 bits per heavy atom. The number of hydrogen-bond donors (Lipinski definition) is 2. The topological polar surface area (TPSA) is 76.1 Å². The number of nitrogens with one attached hydrogen (secondary N) is 2. The van der Waals surface area contributed by atoms with E-state index in [-0.39, 0.29) is 11.7 Å². The number of halogens is 4. The van der Waals surface area contributed by atoms with Crippen LogP contribution in [-0.2, 0) is 6.18 Å². The lowest BCUT2D eigenvalue weighted by molar-refractivity contribution is -0.137. The molecular weight excluding hydrogens is 421 g/mol. The van der Waals surface area contributed by atoms with Crippen LogP contribution >= 0.6 is 11.6 Å². The maximum Gasteiger partial charge on any atom is 0.417 e. The summed E-state index contributed by atoms with van der Waals surface area (Å²) >= 11 is 5.58. The molecule has 2 amide bonds. The van der Waals surface area contributed by atoms with Crippen LogP contribution in [-0.4, -0.2) is 16.0 Å². The molecule has 0 aliphatic heterocycles. The summed E-state index contributed by atoms with van der Waals surface area (Å²) < 4.78 is 44.5. The summed E-state index contributed by atoms with van der Waals surface area (Å²) in [5.41, 5.74) is 0.0637. The highest BCUT2D eigenvalue weighted by Gasteiger charge is 2.33. The summed E-state index contributed by atoms with van der Waals surface area (Å²) in [5.74, 6) is 0.554. The van der Waals surface area contributed by atoms with Crippen molar-refractivity contribution in [2.45, 2.75) is 20.0 Å². The van der Waals surface area contributed by atoms with Crippen molar-refractivity contribution in [3.05, 3.63) is 70.5 Å². The first kappa shape index (κ1) is 21.4. The van der Waals surface area contributed by atoms with Gasteiger partial charge in [-0.05, 0) is 44.2 Å². The molecule has 0 atom stereocenters. The highest BCUT2D eigenvalue weighted by molar-refractivity contribution is 6.31. The SMILES string of the molecule is Cc1nc(Oc2ccccc2)nc(C)c1NC(=O)Nc1ccc(Cl)c(C(F)(F)F)c1. The van der Waals surface area contributed by atoms with Crippen LogP contribution in [0.5, 0.6) is 11.8 Å². The zero-order chi connectivity index (χ0) is 21.9. The molecule has 0 bridgehead atoms. The summed E-state index contributed by atoms with van der Waals surface area (Å²) in [6, 6.07) is 11.4. The maximum absolute atomic E-state index is 13.0. The van der Waals surface area contributed by atoms with Gasteiger partial charge in [-0.2, -0.15) is 23.1 Å². The van der Waals surface area contributed by atoms with Gasteiger partial charge in [-0.15, -0.1) is 0 Å². The van der Waals surface area contributed by atoms with Gasteiger partial charge < -0.3 is 15.4 Å². The third-order valence-electron chi connectivity index (χ3n) is 3.97. The second kappa shape index (κ2) is 8.58. The molecule has 156 valence electrons. The summed E-state index contributed by atoms with van der Waals surface area (Å²) in [6.07, 6.45) is -4.64.